The maximum atomic E-state index is 6.02. The number of aromatic amines is 1. The highest BCUT2D eigenvalue weighted by Crippen LogP contribution is 2.23. The van der Waals surface area contributed by atoms with E-state index in [1.54, 1.807) is 12.4 Å². The molecule has 3 heterocycles. The molecule has 0 radical (unpaired) electrons. The van der Waals surface area contributed by atoms with Crippen molar-refractivity contribution >= 4 is 35.2 Å². The molecule has 0 aliphatic carbocycles. The molecule has 0 atom stereocenters. The Balaban J connectivity index is 2.03. The summed E-state index contributed by atoms with van der Waals surface area (Å²) in [7, 11) is -0.544. The van der Waals surface area contributed by atoms with Crippen LogP contribution in [0.2, 0.25) is 5.02 Å². The number of halogens is 1. The molecule has 17 heavy (non-hydrogen) atoms. The summed E-state index contributed by atoms with van der Waals surface area (Å²) in [5.41, 5.74) is 1.51. The summed E-state index contributed by atoms with van der Waals surface area (Å²) in [6, 6.07) is 1.87. The van der Waals surface area contributed by atoms with Crippen molar-refractivity contribution < 1.29 is 9.31 Å². The van der Waals surface area contributed by atoms with Crippen LogP contribution in [0.3, 0.4) is 0 Å². The van der Waals surface area contributed by atoms with Gasteiger partial charge >= 0.3 is 7.12 Å². The van der Waals surface area contributed by atoms with Gasteiger partial charge in [0.25, 0.3) is 0 Å². The van der Waals surface area contributed by atoms with Gasteiger partial charge in [-0.3, -0.25) is 0 Å². The van der Waals surface area contributed by atoms with E-state index in [9.17, 15) is 0 Å². The number of rotatable bonds is 1. The van der Waals surface area contributed by atoms with E-state index in [-0.39, 0.29) is 0 Å². The average Bonchev–Trinajstić information content (AvgIpc) is 2.84. The number of fused-ring (bicyclic) bond motifs is 1. The molecule has 4 nitrogen and oxygen atoms in total. The molecule has 0 amide bonds. The lowest BCUT2D eigenvalue weighted by molar-refractivity contribution is 0.431. The number of H-pyrrole nitrogens is 1. The van der Waals surface area contributed by atoms with Crippen molar-refractivity contribution in [2.24, 2.45) is 0 Å². The molecule has 1 aliphatic rings. The third-order valence-electron chi connectivity index (χ3n) is 2.58. The molecular weight excluding hydrogens is 238 g/mol. The average molecular weight is 246 g/mol. The molecule has 0 saturated carbocycles. The molecule has 0 unspecified atom stereocenters. The van der Waals surface area contributed by atoms with E-state index < -0.39 is 7.12 Å². The Labute approximate surface area is 103 Å². The summed E-state index contributed by atoms with van der Waals surface area (Å²) in [4.78, 5) is 7.20. The van der Waals surface area contributed by atoms with Crippen molar-refractivity contribution in [1.29, 1.82) is 0 Å². The van der Waals surface area contributed by atoms with E-state index >= 15 is 0 Å². The zero-order valence-electron chi connectivity index (χ0n) is 8.87. The first-order valence-corrected chi connectivity index (χ1v) is 5.37. The lowest BCUT2D eigenvalue weighted by Gasteiger charge is -2.03. The lowest BCUT2D eigenvalue weighted by Crippen LogP contribution is -2.31. The molecule has 1 aliphatic heterocycles. The van der Waals surface area contributed by atoms with Crippen LogP contribution in [-0.4, -0.2) is 17.1 Å². The quantitative estimate of drug-likeness (QED) is 0.783. The number of hydrogen-bond donors (Lipinski definition) is 1. The number of nitrogens with one attached hydrogen (secondary N) is 1. The van der Waals surface area contributed by atoms with Crippen LogP contribution < -0.4 is 5.46 Å². The first kappa shape index (κ1) is 10.3. The summed E-state index contributed by atoms with van der Waals surface area (Å²) in [5, 5.41) is 1.45. The Hall–Kier alpha value is -1.88. The summed E-state index contributed by atoms with van der Waals surface area (Å²) in [5.74, 6) is 0.880. The van der Waals surface area contributed by atoms with E-state index in [0.717, 1.165) is 16.5 Å². The predicted octanol–water partition coefficient (Wildman–Crippen LogP) is 1.99. The molecule has 0 spiro atoms. The standard InChI is InChI=1S/C11H8BClN2O2/c1-6-7(2)17-12(16-6)8-3-9-10(13)5-15-11(9)14-4-8/h3-5H,1-2H2,(H,14,15). The van der Waals surface area contributed by atoms with Gasteiger partial charge in [-0.25, -0.2) is 4.98 Å². The summed E-state index contributed by atoms with van der Waals surface area (Å²) < 4.78 is 10.8. The van der Waals surface area contributed by atoms with Crippen LogP contribution in [0.4, 0.5) is 0 Å². The van der Waals surface area contributed by atoms with Crippen molar-refractivity contribution in [3.05, 3.63) is 48.2 Å². The Kier molecular flexibility index (Phi) is 2.16. The summed E-state index contributed by atoms with van der Waals surface area (Å²) in [6.45, 7) is 7.36. The van der Waals surface area contributed by atoms with Gasteiger partial charge in [0.2, 0.25) is 0 Å². The van der Waals surface area contributed by atoms with Crippen LogP contribution in [0.5, 0.6) is 0 Å². The molecule has 6 heteroatoms. The third kappa shape index (κ3) is 1.59. The molecule has 84 valence electrons. The minimum Gasteiger partial charge on any atom is -0.520 e. The van der Waals surface area contributed by atoms with Crippen molar-refractivity contribution in [3.63, 3.8) is 0 Å². The highest BCUT2D eigenvalue weighted by molar-refractivity contribution is 6.63. The first-order chi connectivity index (χ1) is 8.15. The van der Waals surface area contributed by atoms with Crippen molar-refractivity contribution in [3.8, 4) is 0 Å². The van der Waals surface area contributed by atoms with E-state index in [4.69, 9.17) is 20.9 Å². The molecule has 1 N–H and O–H groups in total. The number of aromatic nitrogens is 2. The molecule has 2 aromatic rings. The molecule has 1 fully saturated rings. The lowest BCUT2D eigenvalue weighted by atomic mass is 9.80. The van der Waals surface area contributed by atoms with Crippen LogP contribution in [-0.2, 0) is 9.31 Å². The van der Waals surface area contributed by atoms with Gasteiger partial charge in [0.05, 0.1) is 5.02 Å². The number of pyridine rings is 1. The van der Waals surface area contributed by atoms with Crippen LogP contribution in [0.1, 0.15) is 0 Å². The fraction of sp³-hybridized carbons (Fsp3) is 0. The zero-order valence-corrected chi connectivity index (χ0v) is 9.62. The Morgan fingerprint density at radius 1 is 1.29 bits per heavy atom. The van der Waals surface area contributed by atoms with Crippen molar-refractivity contribution in [2.75, 3.05) is 0 Å². The molecule has 0 aromatic carbocycles. The molecule has 2 aromatic heterocycles. The highest BCUT2D eigenvalue weighted by Gasteiger charge is 2.35. The minimum atomic E-state index is -0.544. The zero-order chi connectivity index (χ0) is 12.0. The second-order valence-electron chi connectivity index (χ2n) is 3.72. The van der Waals surface area contributed by atoms with Crippen molar-refractivity contribution in [1.82, 2.24) is 9.97 Å². The molecule has 3 rings (SSSR count). The fourth-order valence-electron chi connectivity index (χ4n) is 1.67. The monoisotopic (exact) mass is 246 g/mol. The maximum absolute atomic E-state index is 6.02. The van der Waals surface area contributed by atoms with Gasteiger partial charge < -0.3 is 14.3 Å². The van der Waals surface area contributed by atoms with Crippen LogP contribution in [0.25, 0.3) is 11.0 Å². The van der Waals surface area contributed by atoms with Gasteiger partial charge in [-0.1, -0.05) is 24.8 Å². The Bertz CT molecular complexity index is 621. The normalized spacial score (nSPS) is 15.2. The van der Waals surface area contributed by atoms with Gasteiger partial charge in [-0.15, -0.1) is 0 Å². The maximum Gasteiger partial charge on any atom is 0.634 e. The van der Waals surface area contributed by atoms with Gasteiger partial charge in [-0.2, -0.15) is 0 Å². The summed E-state index contributed by atoms with van der Waals surface area (Å²) in [6.07, 6.45) is 3.36. The van der Waals surface area contributed by atoms with Gasteiger partial charge in [0.1, 0.15) is 17.2 Å². The second-order valence-corrected chi connectivity index (χ2v) is 4.12. The Morgan fingerprint density at radius 2 is 2.00 bits per heavy atom. The van der Waals surface area contributed by atoms with Gasteiger partial charge in [-0.05, 0) is 6.07 Å². The first-order valence-electron chi connectivity index (χ1n) is 4.99. The van der Waals surface area contributed by atoms with Crippen LogP contribution in [0, 0.1) is 0 Å². The summed E-state index contributed by atoms with van der Waals surface area (Å²) >= 11 is 6.02. The van der Waals surface area contributed by atoms with E-state index in [1.807, 2.05) is 6.07 Å². The van der Waals surface area contributed by atoms with Gasteiger partial charge in [0.15, 0.2) is 0 Å². The van der Waals surface area contributed by atoms with Gasteiger partial charge in [0, 0.05) is 23.2 Å². The van der Waals surface area contributed by atoms with E-state index in [1.165, 1.54) is 0 Å². The van der Waals surface area contributed by atoms with E-state index in [2.05, 4.69) is 23.1 Å². The highest BCUT2D eigenvalue weighted by atomic mass is 35.5. The largest absolute Gasteiger partial charge is 0.634 e. The van der Waals surface area contributed by atoms with Crippen molar-refractivity contribution in [2.45, 2.75) is 0 Å². The SMILES string of the molecule is C=C1OB(c2cnc3[nH]cc(Cl)c3c2)OC1=C. The fourth-order valence-corrected chi connectivity index (χ4v) is 1.86. The van der Waals surface area contributed by atoms with Crippen LogP contribution in [0.15, 0.2) is 43.1 Å². The van der Waals surface area contributed by atoms with Crippen LogP contribution >= 0.6 is 11.6 Å². The number of hydrogen-bond acceptors (Lipinski definition) is 3. The molecule has 1 saturated heterocycles. The topological polar surface area (TPSA) is 47.1 Å². The second kappa shape index (κ2) is 3.57. The predicted molar refractivity (Wildman–Crippen MR) is 66.9 cm³/mol. The minimum absolute atomic E-state index is 0.440. The Morgan fingerprint density at radius 3 is 2.71 bits per heavy atom. The van der Waals surface area contributed by atoms with E-state index in [0.29, 0.717) is 16.5 Å². The smallest absolute Gasteiger partial charge is 0.520 e. The number of nitrogens with zero attached hydrogens (tertiary/aromatic N) is 1. The molecular formula is C11H8BClN2O2. The molecule has 0 bridgehead atoms. The third-order valence-corrected chi connectivity index (χ3v) is 2.90.